The molecule has 1 aromatic heterocycles. The molecule has 21 heavy (non-hydrogen) atoms. The topological polar surface area (TPSA) is 39.3 Å². The molecule has 1 aliphatic heterocycles. The summed E-state index contributed by atoms with van der Waals surface area (Å²) in [6.45, 7) is 6.68. The molecule has 2 aromatic rings. The average Bonchev–Trinajstić information content (AvgIpc) is 2.92. The number of nitrogens with zero attached hydrogens (tertiary/aromatic N) is 2. The lowest BCUT2D eigenvalue weighted by atomic mass is 10.1. The molecule has 1 aromatic carbocycles. The summed E-state index contributed by atoms with van der Waals surface area (Å²) in [6, 6.07) is 8.42. The number of aromatic nitrogens is 1. The predicted octanol–water partition coefficient (Wildman–Crippen LogP) is 2.61. The van der Waals surface area contributed by atoms with Crippen LogP contribution in [0, 0.1) is 0 Å². The van der Waals surface area contributed by atoms with Crippen LogP contribution in [-0.4, -0.2) is 46.9 Å². The predicted molar refractivity (Wildman–Crippen MR) is 85.1 cm³/mol. The zero-order chi connectivity index (χ0) is 14.7. The number of H-pyrrole nitrogens is 1. The number of carbonyl (C=O) groups excluding carboxylic acids is 1. The van der Waals surface area contributed by atoms with Gasteiger partial charge in [0.25, 0.3) is 0 Å². The maximum absolute atomic E-state index is 11.9. The number of hydrogen-bond acceptors (Lipinski definition) is 2. The summed E-state index contributed by atoms with van der Waals surface area (Å²) < 4.78 is 0. The Morgan fingerprint density at radius 1 is 1.19 bits per heavy atom. The van der Waals surface area contributed by atoms with Crippen molar-refractivity contribution in [3.05, 3.63) is 36.0 Å². The molecule has 0 spiro atoms. The summed E-state index contributed by atoms with van der Waals surface area (Å²) in [5.41, 5.74) is 2.54. The molecule has 0 aliphatic carbocycles. The Morgan fingerprint density at radius 3 is 2.71 bits per heavy atom. The van der Waals surface area contributed by atoms with Crippen molar-refractivity contribution < 1.29 is 4.79 Å². The summed E-state index contributed by atoms with van der Waals surface area (Å²) in [4.78, 5) is 19.7. The largest absolute Gasteiger partial charge is 0.361 e. The molecular formula is C17H23N3O. The Labute approximate surface area is 125 Å². The molecule has 1 saturated heterocycles. The number of carbonyl (C=O) groups is 1. The van der Waals surface area contributed by atoms with Crippen LogP contribution in [0.3, 0.4) is 0 Å². The summed E-state index contributed by atoms with van der Waals surface area (Å²) in [6.07, 6.45) is 3.73. The van der Waals surface area contributed by atoms with E-state index in [2.05, 4.69) is 47.3 Å². The molecule has 112 valence electrons. The smallest absolute Gasteiger partial charge is 0.222 e. The van der Waals surface area contributed by atoms with E-state index in [4.69, 9.17) is 0 Å². The van der Waals surface area contributed by atoms with Gasteiger partial charge in [-0.1, -0.05) is 25.1 Å². The van der Waals surface area contributed by atoms with E-state index in [-0.39, 0.29) is 0 Å². The summed E-state index contributed by atoms with van der Waals surface area (Å²) in [5.74, 6) is 0.309. The highest BCUT2D eigenvalue weighted by atomic mass is 16.2. The number of hydrogen-bond donors (Lipinski definition) is 1. The van der Waals surface area contributed by atoms with Crippen molar-refractivity contribution in [1.29, 1.82) is 0 Å². The number of piperazine rings is 1. The zero-order valence-corrected chi connectivity index (χ0v) is 12.6. The highest BCUT2D eigenvalue weighted by Crippen LogP contribution is 2.20. The van der Waals surface area contributed by atoms with E-state index < -0.39 is 0 Å². The highest BCUT2D eigenvalue weighted by Gasteiger charge is 2.20. The molecule has 3 rings (SSSR count). The van der Waals surface area contributed by atoms with E-state index in [9.17, 15) is 4.79 Å². The third-order valence-electron chi connectivity index (χ3n) is 4.26. The monoisotopic (exact) mass is 285 g/mol. The molecule has 4 heteroatoms. The zero-order valence-electron chi connectivity index (χ0n) is 12.6. The summed E-state index contributed by atoms with van der Waals surface area (Å²) in [5, 5.41) is 1.31. The van der Waals surface area contributed by atoms with Crippen LogP contribution in [0.2, 0.25) is 0 Å². The number of nitrogens with one attached hydrogen (secondary N) is 1. The fourth-order valence-corrected chi connectivity index (χ4v) is 3.03. The van der Waals surface area contributed by atoms with Crippen LogP contribution in [0.5, 0.6) is 0 Å². The first-order valence-electron chi connectivity index (χ1n) is 7.83. The lowest BCUT2D eigenvalue weighted by Crippen LogP contribution is -2.48. The fraction of sp³-hybridized carbons (Fsp3) is 0.471. The van der Waals surface area contributed by atoms with Gasteiger partial charge in [-0.25, -0.2) is 0 Å². The van der Waals surface area contributed by atoms with E-state index in [1.807, 2.05) is 4.90 Å². The van der Waals surface area contributed by atoms with Crippen LogP contribution >= 0.6 is 0 Å². The second kappa shape index (κ2) is 6.31. The first kappa shape index (κ1) is 14.1. The van der Waals surface area contributed by atoms with E-state index in [1.54, 1.807) is 0 Å². The maximum Gasteiger partial charge on any atom is 0.222 e. The van der Waals surface area contributed by atoms with Crippen molar-refractivity contribution in [1.82, 2.24) is 14.8 Å². The molecule has 0 unspecified atom stereocenters. The van der Waals surface area contributed by atoms with Gasteiger partial charge in [-0.2, -0.15) is 0 Å². The van der Waals surface area contributed by atoms with E-state index in [1.165, 1.54) is 16.5 Å². The molecule has 0 bridgehead atoms. The van der Waals surface area contributed by atoms with Gasteiger partial charge in [0.15, 0.2) is 0 Å². The standard InChI is InChI=1S/C17H23N3O/c1-2-5-17(21)20-10-8-19(9-11-20)13-14-12-18-16-7-4-3-6-15(14)16/h3-4,6-7,12,18H,2,5,8-11,13H2,1H3. The number of rotatable bonds is 4. The molecule has 1 N–H and O–H groups in total. The lowest BCUT2D eigenvalue weighted by Gasteiger charge is -2.34. The van der Waals surface area contributed by atoms with Crippen molar-refractivity contribution in [2.24, 2.45) is 0 Å². The van der Waals surface area contributed by atoms with Crippen LogP contribution in [0.25, 0.3) is 10.9 Å². The van der Waals surface area contributed by atoms with E-state index in [0.717, 1.165) is 39.1 Å². The van der Waals surface area contributed by atoms with Gasteiger partial charge in [0.1, 0.15) is 0 Å². The van der Waals surface area contributed by atoms with Gasteiger partial charge in [-0.3, -0.25) is 9.69 Å². The molecule has 2 heterocycles. The Kier molecular flexibility index (Phi) is 4.25. The van der Waals surface area contributed by atoms with Crippen LogP contribution in [0.4, 0.5) is 0 Å². The molecule has 1 fully saturated rings. The van der Waals surface area contributed by atoms with Gasteiger partial charge in [-0.05, 0) is 18.1 Å². The minimum absolute atomic E-state index is 0.309. The van der Waals surface area contributed by atoms with Crippen LogP contribution in [0.15, 0.2) is 30.5 Å². The van der Waals surface area contributed by atoms with Gasteiger partial charge in [-0.15, -0.1) is 0 Å². The van der Waals surface area contributed by atoms with Gasteiger partial charge in [0.2, 0.25) is 5.91 Å². The van der Waals surface area contributed by atoms with Crippen molar-refractivity contribution >= 4 is 16.8 Å². The van der Waals surface area contributed by atoms with Gasteiger partial charge >= 0.3 is 0 Å². The fourth-order valence-electron chi connectivity index (χ4n) is 3.03. The Bertz CT molecular complexity index is 611. The molecule has 1 aliphatic rings. The van der Waals surface area contributed by atoms with Crippen molar-refractivity contribution in [3.63, 3.8) is 0 Å². The Balaban J connectivity index is 1.59. The van der Waals surface area contributed by atoms with Gasteiger partial charge in [0, 0.05) is 56.2 Å². The Morgan fingerprint density at radius 2 is 1.95 bits per heavy atom. The maximum atomic E-state index is 11.9. The van der Waals surface area contributed by atoms with Crippen LogP contribution in [-0.2, 0) is 11.3 Å². The second-order valence-corrected chi connectivity index (χ2v) is 5.77. The number of aromatic amines is 1. The quantitative estimate of drug-likeness (QED) is 0.938. The van der Waals surface area contributed by atoms with E-state index in [0.29, 0.717) is 12.3 Å². The normalized spacial score (nSPS) is 16.5. The van der Waals surface area contributed by atoms with Gasteiger partial charge in [0.05, 0.1) is 0 Å². The first-order chi connectivity index (χ1) is 10.3. The van der Waals surface area contributed by atoms with Crippen molar-refractivity contribution in [2.75, 3.05) is 26.2 Å². The first-order valence-corrected chi connectivity index (χ1v) is 7.83. The average molecular weight is 285 g/mol. The Hall–Kier alpha value is -1.81. The second-order valence-electron chi connectivity index (χ2n) is 5.77. The van der Waals surface area contributed by atoms with Crippen LogP contribution in [0.1, 0.15) is 25.3 Å². The van der Waals surface area contributed by atoms with Crippen LogP contribution < -0.4 is 0 Å². The lowest BCUT2D eigenvalue weighted by molar-refractivity contribution is -0.133. The molecule has 0 atom stereocenters. The number of para-hydroxylation sites is 1. The third-order valence-corrected chi connectivity index (χ3v) is 4.26. The van der Waals surface area contributed by atoms with E-state index >= 15 is 0 Å². The molecule has 1 amide bonds. The number of benzene rings is 1. The summed E-state index contributed by atoms with van der Waals surface area (Å²) in [7, 11) is 0. The van der Waals surface area contributed by atoms with Gasteiger partial charge < -0.3 is 9.88 Å². The molecular weight excluding hydrogens is 262 g/mol. The number of amides is 1. The minimum atomic E-state index is 0.309. The minimum Gasteiger partial charge on any atom is -0.361 e. The van der Waals surface area contributed by atoms with Crippen molar-refractivity contribution in [2.45, 2.75) is 26.3 Å². The third kappa shape index (κ3) is 3.10. The molecule has 0 saturated carbocycles. The highest BCUT2D eigenvalue weighted by molar-refractivity contribution is 5.83. The molecule has 0 radical (unpaired) electrons. The SMILES string of the molecule is CCCC(=O)N1CCN(Cc2c[nH]c3ccccc23)CC1. The number of fused-ring (bicyclic) bond motifs is 1. The molecule has 4 nitrogen and oxygen atoms in total. The summed E-state index contributed by atoms with van der Waals surface area (Å²) >= 11 is 0. The van der Waals surface area contributed by atoms with Crippen molar-refractivity contribution in [3.8, 4) is 0 Å².